The first-order valence-electron chi connectivity index (χ1n) is 14.1. The van der Waals surface area contributed by atoms with Crippen LogP contribution >= 0.6 is 11.3 Å². The van der Waals surface area contributed by atoms with Crippen molar-refractivity contribution in [2.45, 2.75) is 48.0 Å². The van der Waals surface area contributed by atoms with Crippen LogP contribution in [0.25, 0.3) is 39.3 Å². The van der Waals surface area contributed by atoms with E-state index in [-0.39, 0.29) is 0 Å². The van der Waals surface area contributed by atoms with E-state index in [1.165, 1.54) is 0 Å². The Morgan fingerprint density at radius 1 is 1.10 bits per heavy atom. The minimum Gasteiger partial charge on any atom is -0.359 e. The highest BCUT2D eigenvalue weighted by Gasteiger charge is 2.20. The normalized spacial score (nSPS) is 13.0. The van der Waals surface area contributed by atoms with Crippen LogP contribution in [0.5, 0.6) is 0 Å². The lowest BCUT2D eigenvalue weighted by atomic mass is 10.1. The number of hydrogen-bond acceptors (Lipinski definition) is 5. The number of thiophene rings is 1. The maximum absolute atomic E-state index is 5.04. The second-order valence-electron chi connectivity index (χ2n) is 10.6. The quantitative estimate of drug-likeness (QED) is 0.147. The molecule has 0 aliphatic heterocycles. The lowest BCUT2D eigenvalue weighted by Gasteiger charge is -2.13. The Hall–Kier alpha value is -4.49. The molecule has 4 aromatic heterocycles. The summed E-state index contributed by atoms with van der Waals surface area (Å²) in [6.07, 6.45) is 12.9. The molecule has 3 N–H and O–H groups in total. The molecule has 4 rings (SSSR count). The summed E-state index contributed by atoms with van der Waals surface area (Å²) in [5, 5.41) is 11.1. The van der Waals surface area contributed by atoms with Crippen LogP contribution in [0.3, 0.4) is 0 Å². The first-order valence-corrected chi connectivity index (χ1v) is 14.9. The van der Waals surface area contributed by atoms with Crippen molar-refractivity contribution in [1.29, 1.82) is 0 Å². The van der Waals surface area contributed by atoms with Gasteiger partial charge in [-0.15, -0.1) is 11.3 Å². The van der Waals surface area contributed by atoms with Crippen LogP contribution in [0.4, 0.5) is 0 Å². The SMILES string of the molecule is C=C/C(=C\C(=C/C)c1ccc2[nH]nc(-c3nc(/C(=C\C=C/C)c4ccc(C(=C)C)s4)c(C)[nH]3)c2n1)NC(=C)CC(C)C. The molecule has 0 aliphatic rings. The number of pyridine rings is 1. The average molecular weight is 577 g/mol. The second-order valence-corrected chi connectivity index (χ2v) is 11.7. The van der Waals surface area contributed by atoms with E-state index in [2.05, 4.69) is 72.3 Å². The largest absolute Gasteiger partial charge is 0.359 e. The van der Waals surface area contributed by atoms with Crippen molar-refractivity contribution >= 4 is 39.1 Å². The molecule has 4 aromatic rings. The molecule has 0 aliphatic carbocycles. The van der Waals surface area contributed by atoms with Gasteiger partial charge in [0, 0.05) is 32.4 Å². The lowest BCUT2D eigenvalue weighted by molar-refractivity contribution is 0.622. The minimum atomic E-state index is 0.514. The molecule has 0 saturated heterocycles. The van der Waals surface area contributed by atoms with Gasteiger partial charge in [0.1, 0.15) is 5.52 Å². The first kappa shape index (κ1) is 30.5. The molecule has 0 spiro atoms. The molecule has 0 fully saturated rings. The van der Waals surface area contributed by atoms with Crippen molar-refractivity contribution in [2.75, 3.05) is 0 Å². The number of rotatable bonds is 12. The predicted molar refractivity (Wildman–Crippen MR) is 181 cm³/mol. The van der Waals surface area contributed by atoms with E-state index in [0.29, 0.717) is 17.4 Å². The summed E-state index contributed by atoms with van der Waals surface area (Å²) >= 11 is 1.71. The standard InChI is InChI=1S/C35H40N6S/c1-10-13-14-27(31-18-17-30(42-31)22(6)7)32-24(9)37-35(39-32)34-33-29(40-41-34)16-15-28(38-33)25(11-2)20-26(12-3)36-23(8)19-21(4)5/h10-18,20-21,36H,3,6,8,19H2,1-2,4-5,7,9H3,(H,37,39)(H,40,41)/b13-10-,25-11+,26-20+,27-14-. The first-order chi connectivity index (χ1) is 20.1. The fourth-order valence-electron chi connectivity index (χ4n) is 4.61. The Balaban J connectivity index is 1.73. The van der Waals surface area contributed by atoms with Crippen molar-refractivity contribution in [2.24, 2.45) is 5.92 Å². The van der Waals surface area contributed by atoms with Crippen LogP contribution in [0, 0.1) is 12.8 Å². The van der Waals surface area contributed by atoms with Gasteiger partial charge in [-0.1, -0.05) is 57.9 Å². The molecular formula is C35H40N6S. The van der Waals surface area contributed by atoms with E-state index in [9.17, 15) is 0 Å². The fraction of sp³-hybridized carbons (Fsp3) is 0.229. The third kappa shape index (κ3) is 6.86. The van der Waals surface area contributed by atoms with Gasteiger partial charge in [0.15, 0.2) is 11.5 Å². The van der Waals surface area contributed by atoms with Gasteiger partial charge in [0.2, 0.25) is 0 Å². The lowest BCUT2D eigenvalue weighted by Crippen LogP contribution is -2.12. The summed E-state index contributed by atoms with van der Waals surface area (Å²) in [5.74, 6) is 1.18. The van der Waals surface area contributed by atoms with Crippen molar-refractivity contribution in [3.05, 3.63) is 119 Å². The molecule has 216 valence electrons. The Labute approximate surface area is 253 Å². The van der Waals surface area contributed by atoms with Gasteiger partial charge >= 0.3 is 0 Å². The topological polar surface area (TPSA) is 82.3 Å². The number of hydrogen-bond donors (Lipinski definition) is 3. The van der Waals surface area contributed by atoms with Crippen LogP contribution < -0.4 is 5.32 Å². The number of imidazole rings is 1. The third-order valence-corrected chi connectivity index (χ3v) is 7.91. The number of H-pyrrole nitrogens is 2. The highest BCUT2D eigenvalue weighted by molar-refractivity contribution is 7.14. The molecule has 0 radical (unpaired) electrons. The van der Waals surface area contributed by atoms with Gasteiger partial charge in [0.25, 0.3) is 0 Å². The monoisotopic (exact) mass is 576 g/mol. The Kier molecular flexibility index (Phi) is 9.76. The number of fused-ring (bicyclic) bond motifs is 1. The van der Waals surface area contributed by atoms with Gasteiger partial charge in [-0.3, -0.25) is 5.10 Å². The molecular weight excluding hydrogens is 536 g/mol. The van der Waals surface area contributed by atoms with Gasteiger partial charge in [-0.25, -0.2) is 9.97 Å². The van der Waals surface area contributed by atoms with Crippen molar-refractivity contribution < 1.29 is 0 Å². The van der Waals surface area contributed by atoms with Crippen LogP contribution in [0.2, 0.25) is 0 Å². The van der Waals surface area contributed by atoms with Crippen molar-refractivity contribution in [1.82, 2.24) is 30.5 Å². The number of nitrogens with zero attached hydrogens (tertiary/aromatic N) is 3. The third-order valence-electron chi connectivity index (χ3n) is 6.63. The van der Waals surface area contributed by atoms with Gasteiger partial charge < -0.3 is 10.3 Å². The average Bonchev–Trinajstić information content (AvgIpc) is 3.69. The molecule has 7 heteroatoms. The van der Waals surface area contributed by atoms with Crippen molar-refractivity contribution in [3.8, 4) is 11.5 Å². The van der Waals surface area contributed by atoms with E-state index >= 15 is 0 Å². The molecule has 0 saturated carbocycles. The van der Waals surface area contributed by atoms with Gasteiger partial charge in [-0.2, -0.15) is 5.10 Å². The molecule has 0 amide bonds. The molecule has 0 unspecified atom stereocenters. The summed E-state index contributed by atoms with van der Waals surface area (Å²) < 4.78 is 0. The van der Waals surface area contributed by atoms with Crippen molar-refractivity contribution in [3.63, 3.8) is 0 Å². The van der Waals surface area contributed by atoms with Crippen LogP contribution in [0.1, 0.15) is 67.9 Å². The number of aromatic amines is 2. The molecule has 0 bridgehead atoms. The van der Waals surface area contributed by atoms with Crippen LogP contribution in [-0.4, -0.2) is 25.1 Å². The fourth-order valence-corrected chi connectivity index (χ4v) is 5.57. The van der Waals surface area contributed by atoms with E-state index in [1.807, 2.05) is 64.1 Å². The zero-order valence-corrected chi connectivity index (χ0v) is 26.2. The van der Waals surface area contributed by atoms with E-state index < -0.39 is 0 Å². The maximum atomic E-state index is 5.04. The maximum Gasteiger partial charge on any atom is 0.161 e. The molecule has 6 nitrogen and oxygen atoms in total. The van der Waals surface area contributed by atoms with E-state index in [4.69, 9.17) is 9.97 Å². The minimum absolute atomic E-state index is 0.514. The summed E-state index contributed by atoms with van der Waals surface area (Å²) in [6.45, 7) is 24.7. The van der Waals surface area contributed by atoms with Gasteiger partial charge in [-0.05, 0) is 87.6 Å². The number of allylic oxidation sites excluding steroid dienone is 9. The molecule has 0 aromatic carbocycles. The number of aromatic nitrogens is 5. The van der Waals surface area contributed by atoms with E-state index in [0.717, 1.165) is 72.4 Å². The molecule has 42 heavy (non-hydrogen) atoms. The number of nitrogens with one attached hydrogen (secondary N) is 3. The highest BCUT2D eigenvalue weighted by atomic mass is 32.1. The second kappa shape index (κ2) is 13.4. The van der Waals surface area contributed by atoms with Crippen LogP contribution in [-0.2, 0) is 0 Å². The summed E-state index contributed by atoms with van der Waals surface area (Å²) in [4.78, 5) is 15.8. The zero-order valence-electron chi connectivity index (χ0n) is 25.4. The smallest absolute Gasteiger partial charge is 0.161 e. The predicted octanol–water partition coefficient (Wildman–Crippen LogP) is 9.38. The summed E-state index contributed by atoms with van der Waals surface area (Å²) in [6, 6.07) is 8.24. The Morgan fingerprint density at radius 2 is 1.86 bits per heavy atom. The van der Waals surface area contributed by atoms with Gasteiger partial charge in [0.05, 0.1) is 16.9 Å². The Bertz CT molecular complexity index is 1750. The number of aryl methyl sites for hydroxylation is 1. The Morgan fingerprint density at radius 3 is 2.50 bits per heavy atom. The molecule has 4 heterocycles. The summed E-state index contributed by atoms with van der Waals surface area (Å²) in [7, 11) is 0. The molecule has 0 atom stereocenters. The highest BCUT2D eigenvalue weighted by Crippen LogP contribution is 2.35. The van der Waals surface area contributed by atoms with E-state index in [1.54, 1.807) is 17.4 Å². The summed E-state index contributed by atoms with van der Waals surface area (Å²) in [5.41, 5.74) is 9.81. The zero-order chi connectivity index (χ0) is 30.4. The van der Waals surface area contributed by atoms with Crippen LogP contribution in [0.15, 0.2) is 91.9 Å².